The predicted molar refractivity (Wildman–Crippen MR) is 103 cm³/mol. The molecule has 0 saturated heterocycles. The van der Waals surface area contributed by atoms with E-state index in [2.05, 4.69) is 4.99 Å². The van der Waals surface area contributed by atoms with E-state index in [-0.39, 0.29) is 29.0 Å². The van der Waals surface area contributed by atoms with Gasteiger partial charge in [0.25, 0.3) is 0 Å². The molecule has 10 heteroatoms. The molecular weight excluding hydrogens is 426 g/mol. The number of carbonyl (C=O) groups excluding carboxylic acids is 1. The van der Waals surface area contributed by atoms with Gasteiger partial charge in [-0.05, 0) is 49.2 Å². The molecule has 31 heavy (non-hydrogen) atoms. The highest BCUT2D eigenvalue weighted by Gasteiger charge is 2.37. The molecule has 0 aliphatic rings. The molecule has 0 spiro atoms. The zero-order valence-corrected chi connectivity index (χ0v) is 16.9. The summed E-state index contributed by atoms with van der Waals surface area (Å²) in [6.07, 6.45) is -8.01. The van der Waals surface area contributed by atoms with E-state index < -0.39 is 29.4 Å². The molecule has 0 aliphatic heterocycles. The molecule has 0 radical (unpaired) electrons. The smallest absolute Gasteiger partial charge is 0.418 e. The molecule has 2 rings (SSSR count). The number of carbonyl (C=O) groups is 1. The first-order valence-electron chi connectivity index (χ1n) is 9.13. The van der Waals surface area contributed by atoms with E-state index >= 15 is 0 Å². The molecule has 0 amide bonds. The second-order valence-corrected chi connectivity index (χ2v) is 6.72. The zero-order valence-electron chi connectivity index (χ0n) is 16.9. The van der Waals surface area contributed by atoms with E-state index in [4.69, 9.17) is 4.74 Å². The van der Waals surface area contributed by atoms with Crippen LogP contribution < -0.4 is 0 Å². The molecule has 0 aromatic heterocycles. The summed E-state index contributed by atoms with van der Waals surface area (Å²) in [4.78, 5) is 17.8. The molecule has 0 unspecified atom stereocenters. The molecule has 168 valence electrons. The fourth-order valence-corrected chi connectivity index (χ4v) is 2.64. The first-order chi connectivity index (χ1) is 14.3. The van der Waals surface area contributed by atoms with Crippen LogP contribution in [0.1, 0.15) is 39.5 Å². The highest BCUT2D eigenvalue weighted by Crippen LogP contribution is 2.40. The average molecular weight is 446 g/mol. The van der Waals surface area contributed by atoms with Crippen LogP contribution in [-0.2, 0) is 23.7 Å². The van der Waals surface area contributed by atoms with E-state index in [1.165, 1.54) is 12.4 Å². The maximum Gasteiger partial charge on any atom is 0.418 e. The van der Waals surface area contributed by atoms with Crippen LogP contribution >= 0.6 is 0 Å². The third-order valence-electron chi connectivity index (χ3n) is 4.49. The van der Waals surface area contributed by atoms with Crippen LogP contribution in [0.25, 0.3) is 0 Å². The van der Waals surface area contributed by atoms with E-state index in [0.29, 0.717) is 6.54 Å². The van der Waals surface area contributed by atoms with Gasteiger partial charge in [-0.3, -0.25) is 0 Å². The van der Waals surface area contributed by atoms with Gasteiger partial charge in [0.05, 0.1) is 28.7 Å². The Morgan fingerprint density at radius 1 is 1.03 bits per heavy atom. The van der Waals surface area contributed by atoms with Gasteiger partial charge in [0.1, 0.15) is 6.61 Å². The van der Waals surface area contributed by atoms with Gasteiger partial charge >= 0.3 is 18.3 Å². The Hall–Kier alpha value is -3.04. The summed E-state index contributed by atoms with van der Waals surface area (Å²) in [5.41, 5.74) is -2.65. The lowest BCUT2D eigenvalue weighted by molar-refractivity contribution is -0.138. The van der Waals surface area contributed by atoms with Crippen LogP contribution in [0.3, 0.4) is 0 Å². The first kappa shape index (κ1) is 24.2. The largest absolute Gasteiger partial charge is 0.457 e. The van der Waals surface area contributed by atoms with Crippen molar-refractivity contribution in [2.24, 2.45) is 4.99 Å². The van der Waals surface area contributed by atoms with E-state index in [0.717, 1.165) is 37.3 Å². The van der Waals surface area contributed by atoms with Crippen LogP contribution in [0.2, 0.25) is 0 Å². The van der Waals surface area contributed by atoms with Gasteiger partial charge in [0.15, 0.2) is 0 Å². The van der Waals surface area contributed by atoms with Crippen LogP contribution in [0.5, 0.6) is 0 Å². The summed E-state index contributed by atoms with van der Waals surface area (Å²) in [7, 11) is 1.65. The van der Waals surface area contributed by atoms with Crippen LogP contribution in [0, 0.1) is 6.92 Å². The number of hydrogen-bond donors (Lipinski definition) is 0. The minimum absolute atomic E-state index is 0.263. The third kappa shape index (κ3) is 6.22. The summed E-state index contributed by atoms with van der Waals surface area (Å²) in [5.74, 6) is -1.02. The molecule has 0 atom stereocenters. The van der Waals surface area contributed by atoms with Crippen molar-refractivity contribution < 1.29 is 35.9 Å². The Balaban J connectivity index is 2.25. The van der Waals surface area contributed by atoms with Crippen molar-refractivity contribution in [2.75, 3.05) is 13.6 Å². The minimum atomic E-state index is -4.76. The first-order valence-corrected chi connectivity index (χ1v) is 9.13. The summed E-state index contributed by atoms with van der Waals surface area (Å²) in [6.45, 7) is 3.09. The number of hydrogen-bond acceptors (Lipinski definition) is 3. The molecule has 0 saturated carbocycles. The zero-order chi connectivity index (χ0) is 23.4. The number of rotatable bonds is 6. The second kappa shape index (κ2) is 9.40. The number of benzene rings is 2. The summed E-state index contributed by atoms with van der Waals surface area (Å²) < 4.78 is 83.6. The number of ether oxygens (including phenoxy) is 1. The number of esters is 1. The quantitative estimate of drug-likeness (QED) is 0.237. The Morgan fingerprint density at radius 3 is 2.16 bits per heavy atom. The van der Waals surface area contributed by atoms with Gasteiger partial charge in [-0.2, -0.15) is 26.3 Å². The van der Waals surface area contributed by atoms with E-state index in [9.17, 15) is 31.1 Å². The maximum atomic E-state index is 13.6. The molecule has 0 aliphatic carbocycles. The van der Waals surface area contributed by atoms with E-state index in [1.807, 2.05) is 0 Å². The fraction of sp³-hybridized carbons (Fsp3) is 0.333. The lowest BCUT2D eigenvalue weighted by Crippen LogP contribution is -2.16. The predicted octanol–water partition coefficient (Wildman–Crippen LogP) is 6.00. The molecule has 4 nitrogen and oxygen atoms in total. The van der Waals surface area contributed by atoms with Crippen LogP contribution in [0.15, 0.2) is 41.4 Å². The normalized spacial score (nSPS) is 12.3. The van der Waals surface area contributed by atoms with Crippen molar-refractivity contribution in [3.8, 4) is 0 Å². The minimum Gasteiger partial charge on any atom is -0.457 e. The van der Waals surface area contributed by atoms with E-state index in [1.54, 1.807) is 18.9 Å². The Labute approximate surface area is 175 Å². The topological polar surface area (TPSA) is 41.9 Å². The molecular formula is C21H20F6N2O2. The Bertz CT molecular complexity index is 950. The van der Waals surface area contributed by atoms with Gasteiger partial charge < -0.3 is 9.64 Å². The monoisotopic (exact) mass is 446 g/mol. The molecule has 0 heterocycles. The maximum absolute atomic E-state index is 13.6. The SMILES string of the molecule is CCN(C)C=Nc1ccc(C(=O)OCc2ccc(C(F)(F)F)cc2)c(C)c1C(F)(F)F. The summed E-state index contributed by atoms with van der Waals surface area (Å²) in [5, 5.41) is 0. The molecule has 2 aromatic rings. The number of halogens is 6. The highest BCUT2D eigenvalue weighted by atomic mass is 19.4. The number of nitrogens with zero attached hydrogens (tertiary/aromatic N) is 2. The summed E-state index contributed by atoms with van der Waals surface area (Å²) in [6, 6.07) is 6.17. The molecule has 0 bridgehead atoms. The Kier molecular flexibility index (Phi) is 7.35. The van der Waals surface area contributed by atoms with Crippen molar-refractivity contribution in [3.05, 3.63) is 64.2 Å². The van der Waals surface area contributed by atoms with Gasteiger partial charge in [0.2, 0.25) is 0 Å². The number of aliphatic imine (C=N–C) groups is 1. The second-order valence-electron chi connectivity index (χ2n) is 6.72. The average Bonchev–Trinajstić information content (AvgIpc) is 2.68. The van der Waals surface area contributed by atoms with Crippen molar-refractivity contribution in [3.63, 3.8) is 0 Å². The van der Waals surface area contributed by atoms with Crippen molar-refractivity contribution in [1.29, 1.82) is 0 Å². The van der Waals surface area contributed by atoms with Crippen LogP contribution in [-0.4, -0.2) is 30.8 Å². The molecule has 0 N–H and O–H groups in total. The fourth-order valence-electron chi connectivity index (χ4n) is 2.64. The Morgan fingerprint density at radius 2 is 1.65 bits per heavy atom. The van der Waals surface area contributed by atoms with Gasteiger partial charge in [-0.15, -0.1) is 0 Å². The van der Waals surface area contributed by atoms with Crippen LogP contribution in [0.4, 0.5) is 32.0 Å². The third-order valence-corrected chi connectivity index (χ3v) is 4.49. The van der Waals surface area contributed by atoms with Crippen molar-refractivity contribution in [1.82, 2.24) is 4.90 Å². The lowest BCUT2D eigenvalue weighted by atomic mass is 10.00. The standard InChI is InChI=1S/C21H20F6N2O2/c1-4-29(3)12-28-17-10-9-16(13(2)18(17)21(25,26)27)19(30)31-11-14-5-7-15(8-6-14)20(22,23)24/h5-10,12H,4,11H2,1-3H3. The number of alkyl halides is 6. The summed E-state index contributed by atoms with van der Waals surface area (Å²) >= 11 is 0. The van der Waals surface area contributed by atoms with Gasteiger partial charge in [-0.1, -0.05) is 12.1 Å². The van der Waals surface area contributed by atoms with Gasteiger partial charge in [0, 0.05) is 13.6 Å². The highest BCUT2D eigenvalue weighted by molar-refractivity contribution is 5.92. The van der Waals surface area contributed by atoms with Gasteiger partial charge in [-0.25, -0.2) is 9.79 Å². The molecule has 2 aromatic carbocycles. The van der Waals surface area contributed by atoms with Crippen molar-refractivity contribution in [2.45, 2.75) is 32.8 Å². The molecule has 0 fully saturated rings. The lowest BCUT2D eigenvalue weighted by Gasteiger charge is -2.17. The van der Waals surface area contributed by atoms with Crippen molar-refractivity contribution >= 4 is 18.0 Å².